The van der Waals surface area contributed by atoms with Crippen molar-refractivity contribution in [3.63, 3.8) is 0 Å². The number of aryl methyl sites for hydroxylation is 1. The van der Waals surface area contributed by atoms with Crippen molar-refractivity contribution < 1.29 is 32.3 Å². The molecular formula is C31H38N4O7S. The summed E-state index contributed by atoms with van der Waals surface area (Å²) in [5, 5.41) is 14.1. The Labute approximate surface area is 251 Å². The van der Waals surface area contributed by atoms with E-state index in [-0.39, 0.29) is 41.7 Å². The van der Waals surface area contributed by atoms with Gasteiger partial charge in [0, 0.05) is 25.1 Å². The first kappa shape index (κ1) is 31.9. The number of likely N-dealkylation sites (N-methyl/N-ethyl adjacent to an activating group) is 1. The van der Waals surface area contributed by atoms with Crippen LogP contribution in [0.1, 0.15) is 44.1 Å². The SMILES string of the molecule is CNC(=O)[C@@H]1CCCNN1C(=O)[C@H](CCc1ccccc1-c1cocn1)C[C@H](CCCS(=O)(=O)c1ccccc1)C(=O)O. The number of hydrogen-bond acceptors (Lipinski definition) is 8. The quantitative estimate of drug-likeness (QED) is 0.248. The number of hydrogen-bond donors (Lipinski definition) is 3. The van der Waals surface area contributed by atoms with Gasteiger partial charge in [-0.2, -0.15) is 0 Å². The van der Waals surface area contributed by atoms with Crippen molar-refractivity contribution in [1.29, 1.82) is 0 Å². The molecule has 0 spiro atoms. The predicted molar refractivity (Wildman–Crippen MR) is 159 cm³/mol. The highest BCUT2D eigenvalue weighted by Gasteiger charge is 2.37. The number of aromatic nitrogens is 1. The number of amides is 2. The molecule has 11 nitrogen and oxygen atoms in total. The molecule has 1 fully saturated rings. The fraction of sp³-hybridized carbons (Fsp3) is 0.419. The Morgan fingerprint density at radius 3 is 2.53 bits per heavy atom. The molecule has 230 valence electrons. The van der Waals surface area contributed by atoms with Crippen LogP contribution in [0.15, 0.2) is 76.6 Å². The van der Waals surface area contributed by atoms with Crippen LogP contribution in [0.25, 0.3) is 11.3 Å². The standard InChI is InChI=1S/C31H38N4O7S/c1-32-29(36)28-14-7-17-34-35(28)30(37)23(16-15-22-9-5-6-13-26(22)27-20-42-21-33-27)19-24(31(38)39)10-8-18-43(40,41)25-11-3-2-4-12-25/h2-6,9,11-13,20-21,23-24,28,34H,7-8,10,14-19H2,1H3,(H,32,36)(H,38,39)/t23-,24+,28+/m1/s1. The Morgan fingerprint density at radius 2 is 1.84 bits per heavy atom. The van der Waals surface area contributed by atoms with Gasteiger partial charge in [0.05, 0.1) is 16.6 Å². The van der Waals surface area contributed by atoms with E-state index < -0.39 is 33.7 Å². The molecule has 2 amide bonds. The topological polar surface area (TPSA) is 159 Å². The third kappa shape index (κ3) is 8.29. The number of rotatable bonds is 14. The van der Waals surface area contributed by atoms with Gasteiger partial charge in [-0.3, -0.25) is 19.4 Å². The molecule has 1 saturated heterocycles. The summed E-state index contributed by atoms with van der Waals surface area (Å²) < 4.78 is 30.7. The smallest absolute Gasteiger partial charge is 0.306 e. The van der Waals surface area contributed by atoms with Crippen LogP contribution in [0.3, 0.4) is 0 Å². The lowest BCUT2D eigenvalue weighted by Gasteiger charge is -2.37. The van der Waals surface area contributed by atoms with E-state index in [1.807, 2.05) is 24.3 Å². The molecular weight excluding hydrogens is 572 g/mol. The number of carbonyl (C=O) groups excluding carboxylic acids is 2. The van der Waals surface area contributed by atoms with E-state index in [1.165, 1.54) is 36.8 Å². The van der Waals surface area contributed by atoms with Gasteiger partial charge in [0.25, 0.3) is 0 Å². The minimum atomic E-state index is -3.57. The van der Waals surface area contributed by atoms with E-state index in [4.69, 9.17) is 4.42 Å². The number of sulfone groups is 1. The Kier molecular flexibility index (Phi) is 11.1. The molecule has 2 heterocycles. The number of nitrogens with one attached hydrogen (secondary N) is 2. The highest BCUT2D eigenvalue weighted by molar-refractivity contribution is 7.91. The van der Waals surface area contributed by atoms with Crippen LogP contribution in [-0.4, -0.2) is 66.7 Å². The number of carboxylic acids is 1. The summed E-state index contributed by atoms with van der Waals surface area (Å²) in [5.41, 5.74) is 5.48. The maximum absolute atomic E-state index is 14.0. The van der Waals surface area contributed by atoms with Gasteiger partial charge >= 0.3 is 5.97 Å². The lowest BCUT2D eigenvalue weighted by Crippen LogP contribution is -2.59. The van der Waals surface area contributed by atoms with Crippen molar-refractivity contribution in [2.24, 2.45) is 11.8 Å². The van der Waals surface area contributed by atoms with E-state index in [0.717, 1.165) is 11.1 Å². The maximum Gasteiger partial charge on any atom is 0.306 e. The van der Waals surface area contributed by atoms with Gasteiger partial charge in [-0.1, -0.05) is 42.5 Å². The van der Waals surface area contributed by atoms with Crippen molar-refractivity contribution in [3.05, 3.63) is 72.8 Å². The second-order valence-electron chi connectivity index (χ2n) is 10.7. The molecule has 2 aromatic carbocycles. The molecule has 43 heavy (non-hydrogen) atoms. The van der Waals surface area contributed by atoms with Gasteiger partial charge in [-0.05, 0) is 62.6 Å². The number of carbonyl (C=O) groups is 3. The molecule has 3 atom stereocenters. The van der Waals surface area contributed by atoms with Crippen molar-refractivity contribution in [3.8, 4) is 11.3 Å². The number of nitrogens with zero attached hydrogens (tertiary/aromatic N) is 2. The summed E-state index contributed by atoms with van der Waals surface area (Å²) in [6.45, 7) is 0.515. The molecule has 4 rings (SSSR count). The van der Waals surface area contributed by atoms with E-state index in [0.29, 0.717) is 37.9 Å². The Bertz CT molecular complexity index is 1480. The Morgan fingerprint density at radius 1 is 1.09 bits per heavy atom. The number of oxazole rings is 1. The zero-order chi connectivity index (χ0) is 30.8. The maximum atomic E-state index is 14.0. The second-order valence-corrected chi connectivity index (χ2v) is 12.8. The highest BCUT2D eigenvalue weighted by Crippen LogP contribution is 2.29. The van der Waals surface area contributed by atoms with Crippen LogP contribution < -0.4 is 10.7 Å². The van der Waals surface area contributed by atoms with Crippen LogP contribution in [-0.2, 0) is 30.6 Å². The predicted octanol–water partition coefficient (Wildman–Crippen LogP) is 3.48. The number of hydrazine groups is 1. The molecule has 1 aliphatic heterocycles. The summed E-state index contributed by atoms with van der Waals surface area (Å²) in [4.78, 5) is 43.5. The first-order chi connectivity index (χ1) is 20.7. The molecule has 0 unspecified atom stereocenters. The van der Waals surface area contributed by atoms with Gasteiger partial charge in [-0.25, -0.2) is 18.8 Å². The zero-order valence-electron chi connectivity index (χ0n) is 24.1. The van der Waals surface area contributed by atoms with E-state index >= 15 is 0 Å². The summed E-state index contributed by atoms with van der Waals surface area (Å²) in [6, 6.07) is 14.9. The number of carboxylic acid groups (broad SMARTS) is 1. The number of benzene rings is 2. The average molecular weight is 611 g/mol. The third-order valence-corrected chi connectivity index (χ3v) is 9.67. The Hall–Kier alpha value is -4.03. The summed E-state index contributed by atoms with van der Waals surface area (Å²) in [7, 11) is -2.06. The molecule has 12 heteroatoms. The lowest BCUT2D eigenvalue weighted by atomic mass is 9.85. The minimum Gasteiger partial charge on any atom is -0.481 e. The van der Waals surface area contributed by atoms with Gasteiger partial charge in [0.1, 0.15) is 18.0 Å². The van der Waals surface area contributed by atoms with E-state index in [1.54, 1.807) is 18.2 Å². The highest BCUT2D eigenvalue weighted by atomic mass is 32.2. The third-order valence-electron chi connectivity index (χ3n) is 7.86. The van der Waals surface area contributed by atoms with Crippen LogP contribution in [0, 0.1) is 11.8 Å². The largest absolute Gasteiger partial charge is 0.481 e. The molecule has 1 aliphatic rings. The summed E-state index contributed by atoms with van der Waals surface area (Å²) in [5.74, 6) is -3.63. The first-order valence-corrected chi connectivity index (χ1v) is 16.1. The minimum absolute atomic E-state index is 0.00429. The van der Waals surface area contributed by atoms with Crippen LogP contribution in [0.4, 0.5) is 0 Å². The van der Waals surface area contributed by atoms with E-state index in [2.05, 4.69) is 15.7 Å². The van der Waals surface area contributed by atoms with Crippen molar-refractivity contribution in [2.45, 2.75) is 55.9 Å². The number of aliphatic carboxylic acids is 1. The normalized spacial score (nSPS) is 16.8. The zero-order valence-corrected chi connectivity index (χ0v) is 25.0. The molecule has 0 bridgehead atoms. The Balaban J connectivity index is 1.54. The molecule has 1 aromatic heterocycles. The fourth-order valence-electron chi connectivity index (χ4n) is 5.53. The van der Waals surface area contributed by atoms with Gasteiger partial charge in [0.15, 0.2) is 16.2 Å². The van der Waals surface area contributed by atoms with Crippen molar-refractivity contribution in [2.75, 3.05) is 19.3 Å². The van der Waals surface area contributed by atoms with E-state index in [9.17, 15) is 27.9 Å². The average Bonchev–Trinajstić information content (AvgIpc) is 3.57. The molecule has 3 N–H and O–H groups in total. The summed E-state index contributed by atoms with van der Waals surface area (Å²) in [6.07, 6.45) is 5.08. The monoisotopic (exact) mass is 610 g/mol. The van der Waals surface area contributed by atoms with Crippen molar-refractivity contribution >= 4 is 27.6 Å². The van der Waals surface area contributed by atoms with Crippen molar-refractivity contribution in [1.82, 2.24) is 20.7 Å². The second kappa shape index (κ2) is 14.9. The molecule has 0 saturated carbocycles. The van der Waals surface area contributed by atoms with Crippen LogP contribution in [0.2, 0.25) is 0 Å². The summed E-state index contributed by atoms with van der Waals surface area (Å²) >= 11 is 0. The van der Waals surface area contributed by atoms with Gasteiger partial charge < -0.3 is 14.8 Å². The van der Waals surface area contributed by atoms with Gasteiger partial charge in [0.2, 0.25) is 11.8 Å². The fourth-order valence-corrected chi connectivity index (χ4v) is 6.89. The molecule has 0 radical (unpaired) electrons. The lowest BCUT2D eigenvalue weighted by molar-refractivity contribution is -0.151. The molecule has 0 aliphatic carbocycles. The van der Waals surface area contributed by atoms with Gasteiger partial charge in [-0.15, -0.1) is 0 Å². The molecule has 3 aromatic rings. The van der Waals surface area contributed by atoms with Crippen LogP contribution in [0.5, 0.6) is 0 Å². The first-order valence-electron chi connectivity index (χ1n) is 14.5. The van der Waals surface area contributed by atoms with Crippen LogP contribution >= 0.6 is 0 Å².